The largest absolute Gasteiger partial charge is 0.479 e. The van der Waals surface area contributed by atoms with Gasteiger partial charge >= 0.3 is 11.9 Å². The summed E-state index contributed by atoms with van der Waals surface area (Å²) >= 11 is 0. The van der Waals surface area contributed by atoms with E-state index in [4.69, 9.17) is 19.3 Å². The summed E-state index contributed by atoms with van der Waals surface area (Å²) in [4.78, 5) is 22.8. The standard InChI is InChI=1S/C28H52O9/c1-28(2,3)37-21(29)19-17-15-13-11-9-7-5-4-6-8-10-12-14-16-18-20-35-27-24(32)22(30)23(31)25(36-27)26(33)34/h22-25,27,30-32H,4-20H2,1-3H3,(H,33,34)/t22-,23-,24+,25-,27+/m0/s1. The normalized spacial score (nSPS) is 24.2. The lowest BCUT2D eigenvalue weighted by molar-refractivity contribution is -0.294. The summed E-state index contributed by atoms with van der Waals surface area (Å²) < 4.78 is 15.8. The van der Waals surface area contributed by atoms with E-state index in [1.165, 1.54) is 57.8 Å². The Kier molecular flexibility index (Phi) is 17.3. The molecule has 5 atom stereocenters. The minimum absolute atomic E-state index is 0.0898. The quantitative estimate of drug-likeness (QED) is 0.132. The molecule has 0 radical (unpaired) electrons. The maximum Gasteiger partial charge on any atom is 0.335 e. The molecule has 0 saturated carbocycles. The van der Waals surface area contributed by atoms with Crippen molar-refractivity contribution < 1.29 is 44.2 Å². The van der Waals surface area contributed by atoms with Crippen molar-refractivity contribution in [2.75, 3.05) is 6.61 Å². The van der Waals surface area contributed by atoms with Crippen molar-refractivity contribution >= 4 is 11.9 Å². The molecule has 0 aromatic carbocycles. The van der Waals surface area contributed by atoms with E-state index in [1.807, 2.05) is 20.8 Å². The van der Waals surface area contributed by atoms with Gasteiger partial charge in [-0.05, 0) is 33.6 Å². The molecule has 37 heavy (non-hydrogen) atoms. The fourth-order valence-corrected chi connectivity index (χ4v) is 4.45. The Morgan fingerprint density at radius 3 is 1.54 bits per heavy atom. The second-order valence-corrected chi connectivity index (χ2v) is 11.2. The third-order valence-corrected chi connectivity index (χ3v) is 6.54. The molecule has 1 heterocycles. The lowest BCUT2D eigenvalue weighted by atomic mass is 9.99. The number of hydrogen-bond donors (Lipinski definition) is 4. The first-order valence-corrected chi connectivity index (χ1v) is 14.3. The van der Waals surface area contributed by atoms with E-state index in [1.54, 1.807) is 0 Å². The van der Waals surface area contributed by atoms with Gasteiger partial charge in [-0.2, -0.15) is 0 Å². The third kappa shape index (κ3) is 15.7. The van der Waals surface area contributed by atoms with Crippen molar-refractivity contribution in [1.82, 2.24) is 0 Å². The van der Waals surface area contributed by atoms with Crippen molar-refractivity contribution in [3.63, 3.8) is 0 Å². The van der Waals surface area contributed by atoms with Gasteiger partial charge in [0.1, 0.15) is 23.9 Å². The van der Waals surface area contributed by atoms with Gasteiger partial charge < -0.3 is 34.6 Å². The van der Waals surface area contributed by atoms with Gasteiger partial charge in [-0.3, -0.25) is 4.79 Å². The van der Waals surface area contributed by atoms with Crippen LogP contribution in [0.15, 0.2) is 0 Å². The van der Waals surface area contributed by atoms with Crippen LogP contribution in [0.4, 0.5) is 0 Å². The number of hydrogen-bond acceptors (Lipinski definition) is 8. The average molecular weight is 533 g/mol. The summed E-state index contributed by atoms with van der Waals surface area (Å²) in [7, 11) is 0. The van der Waals surface area contributed by atoms with E-state index in [-0.39, 0.29) is 11.6 Å². The Balaban J connectivity index is 1.86. The van der Waals surface area contributed by atoms with Gasteiger partial charge in [-0.25, -0.2) is 4.79 Å². The van der Waals surface area contributed by atoms with Crippen LogP contribution in [-0.2, 0) is 23.8 Å². The van der Waals surface area contributed by atoms with Gasteiger partial charge in [0.15, 0.2) is 12.4 Å². The van der Waals surface area contributed by atoms with E-state index in [0.29, 0.717) is 13.0 Å². The summed E-state index contributed by atoms with van der Waals surface area (Å²) in [6.07, 6.45) is 10.1. The highest BCUT2D eigenvalue weighted by Crippen LogP contribution is 2.23. The van der Waals surface area contributed by atoms with Crippen LogP contribution in [0.25, 0.3) is 0 Å². The van der Waals surface area contributed by atoms with Crippen LogP contribution in [-0.4, -0.2) is 75.3 Å². The van der Waals surface area contributed by atoms with E-state index in [9.17, 15) is 24.9 Å². The Bertz CT molecular complexity index is 619. The van der Waals surface area contributed by atoms with Gasteiger partial charge in [0.2, 0.25) is 0 Å². The Morgan fingerprint density at radius 1 is 0.676 bits per heavy atom. The van der Waals surface area contributed by atoms with E-state index < -0.39 is 36.7 Å². The smallest absolute Gasteiger partial charge is 0.335 e. The average Bonchev–Trinajstić information content (AvgIpc) is 2.81. The molecule has 9 nitrogen and oxygen atoms in total. The maximum absolute atomic E-state index is 11.7. The number of ether oxygens (including phenoxy) is 3. The predicted octanol–water partition coefficient (Wildman–Crippen LogP) is 4.48. The number of esters is 1. The molecule has 0 bridgehead atoms. The monoisotopic (exact) mass is 532 g/mol. The lowest BCUT2D eigenvalue weighted by Gasteiger charge is -2.38. The van der Waals surface area contributed by atoms with Crippen molar-refractivity contribution in [2.45, 2.75) is 160 Å². The van der Waals surface area contributed by atoms with Crippen molar-refractivity contribution in [3.8, 4) is 0 Å². The zero-order valence-electron chi connectivity index (χ0n) is 23.2. The maximum atomic E-state index is 11.7. The van der Waals surface area contributed by atoms with Gasteiger partial charge in [0.25, 0.3) is 0 Å². The summed E-state index contributed by atoms with van der Waals surface area (Å²) in [5.74, 6) is -1.50. The predicted molar refractivity (Wildman–Crippen MR) is 140 cm³/mol. The molecule has 0 aromatic heterocycles. The van der Waals surface area contributed by atoms with Crippen molar-refractivity contribution in [3.05, 3.63) is 0 Å². The van der Waals surface area contributed by atoms with E-state index in [2.05, 4.69) is 0 Å². The SMILES string of the molecule is CC(C)(C)OC(=O)CCCCCCCCCCCCCCCCCO[C@@H]1O[C@H](C(=O)O)[C@@H](O)[C@H](O)[C@H]1O. The van der Waals surface area contributed by atoms with E-state index in [0.717, 1.165) is 38.5 Å². The van der Waals surface area contributed by atoms with Crippen LogP contribution < -0.4 is 0 Å². The third-order valence-electron chi connectivity index (χ3n) is 6.54. The molecule has 1 rings (SSSR count). The summed E-state index contributed by atoms with van der Waals surface area (Å²) in [5, 5.41) is 38.4. The highest BCUT2D eigenvalue weighted by atomic mass is 16.7. The number of aliphatic hydroxyl groups excluding tert-OH is 3. The zero-order valence-corrected chi connectivity index (χ0v) is 23.2. The van der Waals surface area contributed by atoms with Crippen LogP contribution in [0.5, 0.6) is 0 Å². The molecule has 1 aliphatic heterocycles. The number of rotatable bonds is 20. The molecule has 218 valence electrons. The van der Waals surface area contributed by atoms with Crippen LogP contribution in [0.2, 0.25) is 0 Å². The second-order valence-electron chi connectivity index (χ2n) is 11.2. The highest BCUT2D eigenvalue weighted by Gasteiger charge is 2.47. The van der Waals surface area contributed by atoms with Gasteiger partial charge in [-0.15, -0.1) is 0 Å². The number of carboxylic acid groups (broad SMARTS) is 1. The first-order valence-electron chi connectivity index (χ1n) is 14.3. The first kappa shape index (κ1) is 33.8. The number of carbonyl (C=O) groups is 2. The molecule has 1 aliphatic rings. The molecular formula is C28H52O9. The van der Waals surface area contributed by atoms with Crippen LogP contribution >= 0.6 is 0 Å². The topological polar surface area (TPSA) is 143 Å². The molecule has 0 aliphatic carbocycles. The molecule has 1 saturated heterocycles. The van der Waals surface area contributed by atoms with Gasteiger partial charge in [0.05, 0.1) is 0 Å². The van der Waals surface area contributed by atoms with Gasteiger partial charge in [-0.1, -0.05) is 83.5 Å². The Morgan fingerprint density at radius 2 is 1.11 bits per heavy atom. The summed E-state index contributed by atoms with van der Waals surface area (Å²) in [6, 6.07) is 0. The number of carbonyl (C=O) groups excluding carboxylic acids is 1. The summed E-state index contributed by atoms with van der Waals surface area (Å²) in [5.41, 5.74) is -0.389. The molecule has 1 fully saturated rings. The second kappa shape index (κ2) is 18.9. The van der Waals surface area contributed by atoms with E-state index >= 15 is 0 Å². The molecule has 0 spiro atoms. The number of carboxylic acids is 1. The molecule has 0 amide bonds. The van der Waals surface area contributed by atoms with Crippen molar-refractivity contribution in [1.29, 1.82) is 0 Å². The minimum atomic E-state index is -1.69. The summed E-state index contributed by atoms with van der Waals surface area (Å²) in [6.45, 7) is 5.99. The van der Waals surface area contributed by atoms with Crippen LogP contribution in [0.1, 0.15) is 124 Å². The van der Waals surface area contributed by atoms with Crippen LogP contribution in [0.3, 0.4) is 0 Å². The molecular weight excluding hydrogens is 480 g/mol. The molecule has 0 unspecified atom stereocenters. The molecule has 9 heteroatoms. The zero-order chi connectivity index (χ0) is 27.7. The van der Waals surface area contributed by atoms with Crippen LogP contribution in [0, 0.1) is 0 Å². The highest BCUT2D eigenvalue weighted by molar-refractivity contribution is 5.73. The molecule has 4 N–H and O–H groups in total. The molecule has 0 aromatic rings. The Hall–Kier alpha value is -1.26. The number of unbranched alkanes of at least 4 members (excludes halogenated alkanes) is 14. The lowest BCUT2D eigenvalue weighted by Crippen LogP contribution is -2.60. The fraction of sp³-hybridized carbons (Fsp3) is 0.929. The first-order chi connectivity index (χ1) is 17.5. The number of aliphatic hydroxyl groups is 3. The van der Waals surface area contributed by atoms with Gasteiger partial charge in [0, 0.05) is 13.0 Å². The fourth-order valence-electron chi connectivity index (χ4n) is 4.45. The van der Waals surface area contributed by atoms with Crippen molar-refractivity contribution in [2.24, 2.45) is 0 Å². The Labute approximate surface area is 222 Å². The number of aliphatic carboxylic acids is 1. The minimum Gasteiger partial charge on any atom is -0.479 e.